The minimum Gasteiger partial charge on any atom is -0.488 e. The third-order valence-electron chi connectivity index (χ3n) is 3.68. The van der Waals surface area contributed by atoms with Gasteiger partial charge in [0.2, 0.25) is 0 Å². The highest BCUT2D eigenvalue weighted by Crippen LogP contribution is 2.20. The number of benzene rings is 1. The molecule has 0 spiro atoms. The van der Waals surface area contributed by atoms with Gasteiger partial charge in [0.05, 0.1) is 0 Å². The zero-order valence-corrected chi connectivity index (χ0v) is 15.6. The Morgan fingerprint density at radius 2 is 1.96 bits per heavy atom. The van der Waals surface area contributed by atoms with Gasteiger partial charge in [-0.1, -0.05) is 11.6 Å². The van der Waals surface area contributed by atoms with Gasteiger partial charge in [0.15, 0.2) is 0 Å². The van der Waals surface area contributed by atoms with Gasteiger partial charge in [0.25, 0.3) is 0 Å². The molecular formula is C18H27ClN2O3. The minimum atomic E-state index is -0.465. The topological polar surface area (TPSA) is 50.8 Å². The highest BCUT2D eigenvalue weighted by Gasteiger charge is 2.28. The smallest absolute Gasteiger partial charge is 0.407 e. The van der Waals surface area contributed by atoms with E-state index in [9.17, 15) is 4.79 Å². The molecular weight excluding hydrogens is 328 g/mol. The summed E-state index contributed by atoms with van der Waals surface area (Å²) in [6.07, 6.45) is 0.746. The predicted octanol–water partition coefficient (Wildman–Crippen LogP) is 3.71. The van der Waals surface area contributed by atoms with Crippen LogP contribution in [0.5, 0.6) is 5.75 Å². The third-order valence-corrected chi connectivity index (χ3v) is 3.93. The van der Waals surface area contributed by atoms with Crippen molar-refractivity contribution >= 4 is 17.7 Å². The molecule has 1 fully saturated rings. The van der Waals surface area contributed by atoms with Crippen LogP contribution in [-0.2, 0) is 4.74 Å². The van der Waals surface area contributed by atoms with Crippen LogP contribution in [0.25, 0.3) is 0 Å². The summed E-state index contributed by atoms with van der Waals surface area (Å²) in [7, 11) is 0. The molecule has 0 aromatic heterocycles. The van der Waals surface area contributed by atoms with Crippen molar-refractivity contribution in [1.29, 1.82) is 0 Å². The van der Waals surface area contributed by atoms with Crippen LogP contribution in [0.1, 0.15) is 34.1 Å². The van der Waals surface area contributed by atoms with E-state index in [2.05, 4.69) is 10.2 Å². The van der Waals surface area contributed by atoms with Crippen molar-refractivity contribution in [3.63, 3.8) is 0 Å². The molecule has 0 saturated carbocycles. The number of ether oxygens (including phenoxy) is 2. The van der Waals surface area contributed by atoms with Crippen LogP contribution in [0.15, 0.2) is 24.3 Å². The number of amides is 1. The highest BCUT2D eigenvalue weighted by atomic mass is 35.5. The average molecular weight is 355 g/mol. The lowest BCUT2D eigenvalue weighted by atomic mass is 10.1. The highest BCUT2D eigenvalue weighted by molar-refractivity contribution is 6.30. The number of nitrogens with zero attached hydrogens (tertiary/aromatic N) is 1. The Labute approximate surface area is 149 Å². The fourth-order valence-corrected chi connectivity index (χ4v) is 2.57. The number of alkyl carbamates (subject to hydrolysis) is 1. The predicted molar refractivity (Wildman–Crippen MR) is 95.8 cm³/mol. The molecule has 1 aromatic rings. The Morgan fingerprint density at radius 1 is 1.33 bits per heavy atom. The average Bonchev–Trinajstić information content (AvgIpc) is 2.41. The number of nitrogens with one attached hydrogen (secondary N) is 1. The van der Waals surface area contributed by atoms with Crippen LogP contribution in [0, 0.1) is 0 Å². The molecule has 1 saturated heterocycles. The Hall–Kier alpha value is -1.46. The van der Waals surface area contributed by atoms with E-state index < -0.39 is 5.60 Å². The summed E-state index contributed by atoms with van der Waals surface area (Å²) >= 11 is 5.86. The first kappa shape index (κ1) is 18.9. The maximum atomic E-state index is 11.7. The lowest BCUT2D eigenvalue weighted by Crippen LogP contribution is -2.54. The quantitative estimate of drug-likeness (QED) is 0.846. The van der Waals surface area contributed by atoms with E-state index in [1.54, 1.807) is 0 Å². The normalized spacial score (nSPS) is 17.0. The van der Waals surface area contributed by atoms with E-state index in [-0.39, 0.29) is 18.2 Å². The number of likely N-dealkylation sites (tertiary alicyclic amines) is 1. The molecule has 134 valence electrons. The first-order valence-corrected chi connectivity index (χ1v) is 8.73. The maximum Gasteiger partial charge on any atom is 0.407 e. The monoisotopic (exact) mass is 354 g/mol. The van der Waals surface area contributed by atoms with E-state index in [4.69, 9.17) is 21.1 Å². The number of carbonyl (C=O) groups excluding carboxylic acids is 1. The summed E-state index contributed by atoms with van der Waals surface area (Å²) < 4.78 is 11.1. The molecule has 1 aliphatic rings. The number of carbonyl (C=O) groups is 1. The molecule has 24 heavy (non-hydrogen) atoms. The molecule has 2 rings (SSSR count). The molecule has 6 heteroatoms. The van der Waals surface area contributed by atoms with Gasteiger partial charge in [-0.2, -0.15) is 0 Å². The largest absolute Gasteiger partial charge is 0.488 e. The van der Waals surface area contributed by atoms with Crippen molar-refractivity contribution in [1.82, 2.24) is 10.2 Å². The first-order chi connectivity index (χ1) is 11.2. The van der Waals surface area contributed by atoms with Crippen molar-refractivity contribution in [2.75, 3.05) is 19.6 Å². The van der Waals surface area contributed by atoms with Crippen molar-refractivity contribution in [2.45, 2.75) is 51.9 Å². The molecule has 5 nitrogen and oxygen atoms in total. The van der Waals surface area contributed by atoms with Gasteiger partial charge >= 0.3 is 6.09 Å². The summed E-state index contributed by atoms with van der Waals surface area (Å²) in [5.74, 6) is 0.851. The first-order valence-electron chi connectivity index (χ1n) is 8.35. The second kappa shape index (κ2) is 8.08. The Balaban J connectivity index is 1.60. The molecule has 0 aliphatic carbocycles. The number of hydrogen-bond donors (Lipinski definition) is 1. The van der Waals surface area contributed by atoms with Crippen LogP contribution >= 0.6 is 11.6 Å². The van der Waals surface area contributed by atoms with Gasteiger partial charge in [-0.05, 0) is 58.4 Å². The second-order valence-corrected chi connectivity index (χ2v) is 7.73. The van der Waals surface area contributed by atoms with Crippen LogP contribution in [0.2, 0.25) is 5.02 Å². The fourth-order valence-electron chi connectivity index (χ4n) is 2.44. The standard InChI is InChI=1S/C18H27ClN2O3/c1-13(20-17(22)24-18(2,3)4)9-10-21-11-16(12-21)23-15-7-5-14(19)6-8-15/h5-8,13,16H,9-12H2,1-4H3,(H,20,22). The van der Waals surface area contributed by atoms with Crippen molar-refractivity contribution in [3.05, 3.63) is 29.3 Å². The van der Waals surface area contributed by atoms with Crippen molar-refractivity contribution in [2.24, 2.45) is 0 Å². The molecule has 1 heterocycles. The van der Waals surface area contributed by atoms with Crippen molar-refractivity contribution < 1.29 is 14.3 Å². The van der Waals surface area contributed by atoms with Crippen molar-refractivity contribution in [3.8, 4) is 5.75 Å². The van der Waals surface area contributed by atoms with Crippen LogP contribution in [-0.4, -0.2) is 48.4 Å². The van der Waals surface area contributed by atoms with E-state index >= 15 is 0 Å². The molecule has 1 N–H and O–H groups in total. The van der Waals surface area contributed by atoms with Gasteiger partial charge in [0, 0.05) is 30.7 Å². The van der Waals surface area contributed by atoms with E-state index in [1.165, 1.54) is 0 Å². The fraction of sp³-hybridized carbons (Fsp3) is 0.611. The summed E-state index contributed by atoms with van der Waals surface area (Å²) in [6.45, 7) is 10.3. The summed E-state index contributed by atoms with van der Waals surface area (Å²) in [6, 6.07) is 7.51. The van der Waals surface area contributed by atoms with E-state index in [0.29, 0.717) is 5.02 Å². The van der Waals surface area contributed by atoms with Crippen LogP contribution in [0.4, 0.5) is 4.79 Å². The summed E-state index contributed by atoms with van der Waals surface area (Å²) in [5, 5.41) is 3.58. The SMILES string of the molecule is CC(CCN1CC(Oc2ccc(Cl)cc2)C1)NC(=O)OC(C)(C)C. The second-order valence-electron chi connectivity index (χ2n) is 7.29. The minimum absolute atomic E-state index is 0.0797. The molecule has 1 aliphatic heterocycles. The lowest BCUT2D eigenvalue weighted by Gasteiger charge is -2.39. The lowest BCUT2D eigenvalue weighted by molar-refractivity contribution is 0.0170. The molecule has 1 atom stereocenters. The molecule has 1 unspecified atom stereocenters. The van der Waals surface area contributed by atoms with Gasteiger partial charge in [0.1, 0.15) is 17.5 Å². The number of hydrogen-bond acceptors (Lipinski definition) is 4. The maximum absolute atomic E-state index is 11.7. The van der Waals surface area contributed by atoms with Crippen LogP contribution < -0.4 is 10.1 Å². The Bertz CT molecular complexity index is 536. The molecule has 0 radical (unpaired) electrons. The zero-order chi connectivity index (χ0) is 17.7. The van der Waals surface area contributed by atoms with Gasteiger partial charge < -0.3 is 14.8 Å². The van der Waals surface area contributed by atoms with Crippen LogP contribution in [0.3, 0.4) is 0 Å². The number of halogens is 1. The zero-order valence-electron chi connectivity index (χ0n) is 14.8. The van der Waals surface area contributed by atoms with Gasteiger partial charge in [-0.25, -0.2) is 4.79 Å². The molecule has 0 bridgehead atoms. The Kier molecular flexibility index (Phi) is 6.35. The van der Waals surface area contributed by atoms with E-state index in [1.807, 2.05) is 52.0 Å². The van der Waals surface area contributed by atoms with E-state index in [0.717, 1.165) is 31.8 Å². The molecule has 1 aromatic carbocycles. The van der Waals surface area contributed by atoms with Gasteiger partial charge in [-0.3, -0.25) is 4.90 Å². The summed E-state index contributed by atoms with van der Waals surface area (Å²) in [5.41, 5.74) is -0.465. The summed E-state index contributed by atoms with van der Waals surface area (Å²) in [4.78, 5) is 14.0. The number of rotatable bonds is 6. The Morgan fingerprint density at radius 3 is 2.54 bits per heavy atom. The third kappa shape index (κ3) is 6.57. The van der Waals surface area contributed by atoms with Gasteiger partial charge in [-0.15, -0.1) is 0 Å². The molecule has 1 amide bonds.